The van der Waals surface area contributed by atoms with E-state index in [1.807, 2.05) is 4.90 Å². The Hall–Kier alpha value is -2.98. The van der Waals surface area contributed by atoms with Crippen molar-refractivity contribution in [2.75, 3.05) is 24.6 Å². The molecule has 3 aromatic rings. The number of fused-ring (bicyclic) bond motifs is 1. The number of alkyl halides is 2. The monoisotopic (exact) mass is 478 g/mol. The van der Waals surface area contributed by atoms with E-state index in [1.165, 1.54) is 6.07 Å². The average Bonchev–Trinajstić information content (AvgIpc) is 3.32. The SMILES string of the molecule is Cc1ccc(OC(F)F)c(CN2C(=O)COC23CCN(c2nc4ccc(Cl)cc4o2)CC3)n1. The standard InChI is InChI=1S/C22H21ClF2N4O4/c1-13-2-5-17(32-20(24)25)16(26-13)11-29-19(30)12-31-22(29)6-8-28(9-7-22)21-27-15-4-3-14(23)10-18(15)33-21/h2-5,10,20H,6-9,11-12H2,1H3. The molecule has 33 heavy (non-hydrogen) atoms. The molecule has 0 saturated carbocycles. The van der Waals surface area contributed by atoms with Crippen molar-refractivity contribution in [3.63, 3.8) is 0 Å². The number of nitrogens with zero attached hydrogens (tertiary/aromatic N) is 4. The Labute approximate surface area is 193 Å². The van der Waals surface area contributed by atoms with Crippen molar-refractivity contribution in [1.29, 1.82) is 0 Å². The first-order valence-corrected chi connectivity index (χ1v) is 10.9. The number of carbonyl (C=O) groups is 1. The van der Waals surface area contributed by atoms with Crippen molar-refractivity contribution in [2.45, 2.75) is 38.6 Å². The number of rotatable bonds is 5. The summed E-state index contributed by atoms with van der Waals surface area (Å²) in [6, 6.07) is 8.77. The van der Waals surface area contributed by atoms with Gasteiger partial charge >= 0.3 is 6.61 Å². The van der Waals surface area contributed by atoms with Crippen molar-refractivity contribution in [3.05, 3.63) is 46.7 Å². The fourth-order valence-electron chi connectivity index (χ4n) is 4.36. The van der Waals surface area contributed by atoms with Crippen LogP contribution in [-0.2, 0) is 16.1 Å². The first-order chi connectivity index (χ1) is 15.8. The Morgan fingerprint density at radius 2 is 2.00 bits per heavy atom. The molecule has 0 N–H and O–H groups in total. The summed E-state index contributed by atoms with van der Waals surface area (Å²) in [5.74, 6) is -0.265. The number of amides is 1. The first kappa shape index (κ1) is 21.8. The minimum Gasteiger partial charge on any atom is -0.433 e. The van der Waals surface area contributed by atoms with Crippen LogP contribution in [0, 0.1) is 6.92 Å². The minimum absolute atomic E-state index is 0.0178. The van der Waals surface area contributed by atoms with E-state index in [4.69, 9.17) is 20.8 Å². The number of piperidine rings is 1. The number of ether oxygens (including phenoxy) is 2. The number of halogens is 3. The molecule has 1 amide bonds. The fourth-order valence-corrected chi connectivity index (χ4v) is 4.52. The van der Waals surface area contributed by atoms with Gasteiger partial charge in [0.25, 0.3) is 11.9 Å². The topological polar surface area (TPSA) is 80.9 Å². The van der Waals surface area contributed by atoms with E-state index >= 15 is 0 Å². The summed E-state index contributed by atoms with van der Waals surface area (Å²) in [6.45, 7) is -0.220. The molecule has 4 heterocycles. The number of aryl methyl sites for hydroxylation is 1. The second-order valence-electron chi connectivity index (χ2n) is 8.09. The maximum absolute atomic E-state index is 12.9. The van der Waals surface area contributed by atoms with Crippen molar-refractivity contribution in [1.82, 2.24) is 14.9 Å². The highest BCUT2D eigenvalue weighted by Gasteiger charge is 2.49. The van der Waals surface area contributed by atoms with E-state index in [0.29, 0.717) is 53.8 Å². The van der Waals surface area contributed by atoms with Gasteiger partial charge in [-0.05, 0) is 31.2 Å². The molecule has 0 atom stereocenters. The second-order valence-corrected chi connectivity index (χ2v) is 8.52. The van der Waals surface area contributed by atoms with Crippen molar-refractivity contribution < 1.29 is 27.5 Å². The summed E-state index contributed by atoms with van der Waals surface area (Å²) >= 11 is 6.03. The van der Waals surface area contributed by atoms with E-state index in [9.17, 15) is 13.6 Å². The molecule has 2 aliphatic rings. The molecule has 174 valence electrons. The number of benzene rings is 1. The molecule has 11 heteroatoms. The molecule has 0 radical (unpaired) electrons. The van der Waals surface area contributed by atoms with Crippen LogP contribution in [0.25, 0.3) is 11.1 Å². The Morgan fingerprint density at radius 1 is 1.21 bits per heavy atom. The molecule has 2 fully saturated rings. The van der Waals surface area contributed by atoms with Crippen LogP contribution in [0.15, 0.2) is 34.7 Å². The number of carbonyl (C=O) groups excluding carboxylic acids is 1. The van der Waals surface area contributed by atoms with Crippen LogP contribution < -0.4 is 9.64 Å². The van der Waals surface area contributed by atoms with Gasteiger partial charge in [-0.25, -0.2) is 0 Å². The summed E-state index contributed by atoms with van der Waals surface area (Å²) in [7, 11) is 0. The molecule has 5 rings (SSSR count). The third kappa shape index (κ3) is 4.20. The zero-order chi connectivity index (χ0) is 23.2. The second kappa shape index (κ2) is 8.42. The van der Waals surface area contributed by atoms with Crippen molar-refractivity contribution in [3.8, 4) is 5.75 Å². The maximum atomic E-state index is 12.9. The van der Waals surface area contributed by atoms with Crippen LogP contribution in [0.1, 0.15) is 24.2 Å². The van der Waals surface area contributed by atoms with Gasteiger partial charge in [-0.3, -0.25) is 9.78 Å². The number of pyridine rings is 1. The van der Waals surface area contributed by atoms with Gasteiger partial charge < -0.3 is 23.7 Å². The Kier molecular flexibility index (Phi) is 5.57. The number of anilines is 1. The third-order valence-corrected chi connectivity index (χ3v) is 6.24. The molecule has 0 unspecified atom stereocenters. The van der Waals surface area contributed by atoms with Gasteiger partial charge in [0.05, 0.1) is 6.54 Å². The van der Waals surface area contributed by atoms with Gasteiger partial charge in [-0.2, -0.15) is 13.8 Å². The Balaban J connectivity index is 1.35. The van der Waals surface area contributed by atoms with E-state index < -0.39 is 12.3 Å². The molecule has 2 aromatic heterocycles. The summed E-state index contributed by atoms with van der Waals surface area (Å²) in [5.41, 5.74) is 1.37. The highest BCUT2D eigenvalue weighted by molar-refractivity contribution is 6.31. The van der Waals surface area contributed by atoms with E-state index in [0.717, 1.165) is 0 Å². The minimum atomic E-state index is -2.98. The number of hydrogen-bond donors (Lipinski definition) is 0. The first-order valence-electron chi connectivity index (χ1n) is 10.5. The molecule has 2 saturated heterocycles. The lowest BCUT2D eigenvalue weighted by Gasteiger charge is -2.43. The summed E-state index contributed by atoms with van der Waals surface area (Å²) in [4.78, 5) is 25.1. The van der Waals surface area contributed by atoms with Gasteiger partial charge in [-0.15, -0.1) is 0 Å². The number of oxazole rings is 1. The molecule has 8 nitrogen and oxygen atoms in total. The highest BCUT2D eigenvalue weighted by Crippen LogP contribution is 2.38. The lowest BCUT2D eigenvalue weighted by atomic mass is 9.98. The van der Waals surface area contributed by atoms with Crippen LogP contribution in [-0.4, -0.2) is 52.8 Å². The van der Waals surface area contributed by atoms with Crippen LogP contribution in [0.4, 0.5) is 14.8 Å². The van der Waals surface area contributed by atoms with Crippen LogP contribution in [0.5, 0.6) is 5.75 Å². The van der Waals surface area contributed by atoms with Crippen LogP contribution in [0.3, 0.4) is 0 Å². The predicted molar refractivity (Wildman–Crippen MR) is 115 cm³/mol. The highest BCUT2D eigenvalue weighted by atomic mass is 35.5. The molecule has 0 bridgehead atoms. The zero-order valence-electron chi connectivity index (χ0n) is 17.8. The molecule has 1 aromatic carbocycles. The van der Waals surface area contributed by atoms with Crippen molar-refractivity contribution in [2.24, 2.45) is 0 Å². The summed E-state index contributed by atoms with van der Waals surface area (Å²) in [5, 5.41) is 0.566. The smallest absolute Gasteiger partial charge is 0.387 e. The molecular weight excluding hydrogens is 458 g/mol. The summed E-state index contributed by atoms with van der Waals surface area (Å²) in [6.07, 6.45) is 0.990. The van der Waals surface area contributed by atoms with Gasteiger partial charge in [0.1, 0.15) is 29.3 Å². The van der Waals surface area contributed by atoms with Crippen molar-refractivity contribution >= 4 is 34.6 Å². The third-order valence-electron chi connectivity index (χ3n) is 6.01. The summed E-state index contributed by atoms with van der Waals surface area (Å²) < 4.78 is 42.2. The van der Waals surface area contributed by atoms with Crippen LogP contribution in [0.2, 0.25) is 5.02 Å². The van der Waals surface area contributed by atoms with Gasteiger partial charge in [0.15, 0.2) is 5.58 Å². The van der Waals surface area contributed by atoms with E-state index in [1.54, 1.807) is 36.1 Å². The average molecular weight is 479 g/mol. The lowest BCUT2D eigenvalue weighted by Crippen LogP contribution is -2.53. The normalized spacial score (nSPS) is 18.2. The molecule has 1 spiro atoms. The predicted octanol–water partition coefficient (Wildman–Crippen LogP) is 4.14. The Morgan fingerprint density at radius 3 is 2.76 bits per heavy atom. The fraction of sp³-hybridized carbons (Fsp3) is 0.409. The van der Waals surface area contributed by atoms with Gasteiger partial charge in [0, 0.05) is 42.7 Å². The Bertz CT molecular complexity index is 1200. The molecule has 2 aliphatic heterocycles. The van der Waals surface area contributed by atoms with E-state index in [2.05, 4.69) is 14.7 Å². The largest absolute Gasteiger partial charge is 0.433 e. The van der Waals surface area contributed by atoms with Crippen LogP contribution >= 0.6 is 11.6 Å². The van der Waals surface area contributed by atoms with E-state index in [-0.39, 0.29) is 30.5 Å². The molecule has 0 aliphatic carbocycles. The number of aromatic nitrogens is 2. The van der Waals surface area contributed by atoms with Gasteiger partial charge in [-0.1, -0.05) is 11.6 Å². The van der Waals surface area contributed by atoms with Gasteiger partial charge in [0.2, 0.25) is 0 Å². The lowest BCUT2D eigenvalue weighted by molar-refractivity contribution is -0.138. The zero-order valence-corrected chi connectivity index (χ0v) is 18.5. The maximum Gasteiger partial charge on any atom is 0.387 e. The number of hydrogen-bond acceptors (Lipinski definition) is 7. The molecular formula is C22H21ClF2N4O4. The quantitative estimate of drug-likeness (QED) is 0.545.